The van der Waals surface area contributed by atoms with Crippen molar-refractivity contribution in [1.29, 1.82) is 0 Å². The zero-order valence-corrected chi connectivity index (χ0v) is 70.2. The predicted molar refractivity (Wildman–Crippen MR) is 483 cm³/mol. The average Bonchev–Trinajstić information content (AvgIpc) is 1.59. The molecule has 4 aliphatic heterocycles. The minimum absolute atomic E-state index is 0.343. The molecule has 0 saturated carbocycles. The molecule has 0 radical (unpaired) electrons. The molecule has 4 fully saturated rings. The second-order valence-electron chi connectivity index (χ2n) is 35.3. The van der Waals surface area contributed by atoms with Crippen molar-refractivity contribution in [2.75, 3.05) is 7.11 Å². The Morgan fingerprint density at radius 2 is 0.593 bits per heavy atom. The number of hydrogen-bond donors (Lipinski definition) is 0. The van der Waals surface area contributed by atoms with E-state index in [2.05, 4.69) is 340 Å². The highest BCUT2D eigenvalue weighted by atomic mass is 16.7. The van der Waals surface area contributed by atoms with E-state index in [1.54, 1.807) is 13.3 Å². The molecule has 20 heteroatoms. The summed E-state index contributed by atoms with van der Waals surface area (Å²) in [7, 11) is 0.172. The van der Waals surface area contributed by atoms with Gasteiger partial charge in [-0.3, -0.25) is 9.55 Å². The van der Waals surface area contributed by atoms with Gasteiger partial charge in [0, 0.05) is 72.2 Å². The lowest BCUT2D eigenvalue weighted by Gasteiger charge is -2.32. The molecule has 21 rings (SSSR count). The van der Waals surface area contributed by atoms with E-state index in [1.807, 2.05) is 67.0 Å². The SMILES string of the molecule is CC1(C)OB(c2ccc3c(c2)c2ccccc2n3-c2ccccc2)OC1(C)C.CC1(C)OB(c2ccc3c(c2)c2ccccc2n3-c2cccnc2)OC1(C)C.CC1(C)OB(c2ccc3c4ccccc4n(-c4ncc5ccccc5n4)c3c2)OC1(C)C.COc1ccc(-n2c3ccccc3c3cc(B4OC(C)(C)C(C)(C)O4)ccc32)cc1. The van der Waals surface area contributed by atoms with Crippen LogP contribution in [0.25, 0.3) is 121 Å². The maximum Gasteiger partial charge on any atom is 0.494 e. The maximum absolute atomic E-state index is 6.31. The molecule has 0 amide bonds. The number of hydrogen-bond acceptors (Lipinski definition) is 12. The summed E-state index contributed by atoms with van der Waals surface area (Å²) in [6.07, 6.45) is 5.58. The van der Waals surface area contributed by atoms with E-state index in [1.165, 1.54) is 54.3 Å². The van der Waals surface area contributed by atoms with E-state index in [4.69, 9.17) is 51.9 Å². The van der Waals surface area contributed by atoms with Crippen molar-refractivity contribution in [1.82, 2.24) is 33.2 Å². The summed E-state index contributed by atoms with van der Waals surface area (Å²) in [5.74, 6) is 1.50. The standard InChI is InChI=1S/C26H24BN3O2.C25H26BNO3.C24H24BNO2.C23H23BN2O2/c1-25(2)26(3,4)32-27(31-25)18-13-14-20-19-10-6-8-12-22(19)30(23(20)15-18)24-28-16-17-9-5-7-11-21(17)29-24;1-24(2)25(3,4)30-26(29-24)17-10-15-23-21(16-17)20-8-6-7-9-22(20)27(23)18-11-13-19(28-5)14-12-18;1-23(2)24(3,4)28-25(27-23)17-14-15-22-20(16-17)19-12-8-9-13-21(19)26(22)18-10-6-5-7-11-18;1-22(2)23(3,4)28-24(27-22)16-11-12-21-19(14-16)18-9-5-6-10-20(18)26(21)17-8-7-13-25-15-17/h5-16H,1-4H3;6-16H,1-5H3;5-16H,1-4H3;5-15H,1-4H3. The van der Waals surface area contributed by atoms with Crippen molar-refractivity contribution < 1.29 is 42.0 Å². The van der Waals surface area contributed by atoms with Gasteiger partial charge in [0.25, 0.3) is 0 Å². The van der Waals surface area contributed by atoms with Gasteiger partial charge in [0.2, 0.25) is 5.95 Å². The fourth-order valence-corrected chi connectivity index (χ4v) is 16.4. The first-order valence-corrected chi connectivity index (χ1v) is 40.8. The third-order valence-electron chi connectivity index (χ3n) is 25.8. The van der Waals surface area contributed by atoms with Crippen molar-refractivity contribution in [2.45, 2.75) is 156 Å². The molecule has 10 heterocycles. The van der Waals surface area contributed by atoms with Gasteiger partial charge in [-0.2, -0.15) is 0 Å². The van der Waals surface area contributed by atoms with Gasteiger partial charge in [0.1, 0.15) is 5.75 Å². The maximum atomic E-state index is 6.31. The lowest BCUT2D eigenvalue weighted by molar-refractivity contribution is 0.00578. The highest BCUT2D eigenvalue weighted by Gasteiger charge is 2.55. The quantitative estimate of drug-likeness (QED) is 0.127. The number of para-hydroxylation sites is 6. The number of nitrogens with zero attached hydrogens (tertiary/aromatic N) is 7. The highest BCUT2D eigenvalue weighted by molar-refractivity contribution is 6.64. The van der Waals surface area contributed by atoms with Crippen LogP contribution in [0.4, 0.5) is 0 Å². The number of aromatic nitrogens is 7. The van der Waals surface area contributed by atoms with Crippen LogP contribution >= 0.6 is 0 Å². The predicted octanol–water partition coefficient (Wildman–Crippen LogP) is 19.7. The average molecular weight is 1560 g/mol. The Balaban J connectivity index is 0.000000109. The van der Waals surface area contributed by atoms with Crippen LogP contribution in [0.15, 0.2) is 279 Å². The summed E-state index contributed by atoms with van der Waals surface area (Å²) < 4.78 is 64.6. The highest BCUT2D eigenvalue weighted by Crippen LogP contribution is 2.44. The molecule has 17 aromatic rings. The number of methoxy groups -OCH3 is 1. The number of benzene rings is 11. The minimum Gasteiger partial charge on any atom is -0.497 e. The van der Waals surface area contributed by atoms with Crippen LogP contribution in [0, 0.1) is 0 Å². The topological polar surface area (TPSA) is 141 Å². The van der Waals surface area contributed by atoms with Crippen LogP contribution in [-0.2, 0) is 37.2 Å². The summed E-state index contributed by atoms with van der Waals surface area (Å²) in [6, 6.07) is 90.5. The number of pyridine rings is 1. The Bertz CT molecular complexity index is 6460. The Morgan fingerprint density at radius 3 is 1.00 bits per heavy atom. The molecular weight excluding hydrogens is 1460 g/mol. The van der Waals surface area contributed by atoms with Crippen molar-refractivity contribution >= 4 is 148 Å². The summed E-state index contributed by atoms with van der Waals surface area (Å²) in [5.41, 5.74) is 14.6. The van der Waals surface area contributed by atoms with Crippen molar-refractivity contribution in [3.63, 3.8) is 0 Å². The van der Waals surface area contributed by atoms with E-state index in [0.717, 1.165) is 88.5 Å². The molecule has 11 aromatic carbocycles. The molecule has 0 aliphatic carbocycles. The van der Waals surface area contributed by atoms with E-state index < -0.39 is 7.12 Å². The third kappa shape index (κ3) is 13.6. The van der Waals surface area contributed by atoms with Gasteiger partial charge in [0.15, 0.2) is 0 Å². The molecule has 0 unspecified atom stereocenters. The number of fused-ring (bicyclic) bond motifs is 13. The van der Waals surface area contributed by atoms with Gasteiger partial charge in [-0.1, -0.05) is 158 Å². The molecule has 16 nitrogen and oxygen atoms in total. The lowest BCUT2D eigenvalue weighted by atomic mass is 9.78. The van der Waals surface area contributed by atoms with E-state index in [-0.39, 0.29) is 66.2 Å². The fourth-order valence-electron chi connectivity index (χ4n) is 16.4. The summed E-state index contributed by atoms with van der Waals surface area (Å²) >= 11 is 0. The Morgan fingerprint density at radius 1 is 0.271 bits per heavy atom. The fraction of sp³-hybridized carbons (Fsp3) is 0.255. The van der Waals surface area contributed by atoms with Crippen molar-refractivity contribution in [2.24, 2.45) is 0 Å². The first-order chi connectivity index (χ1) is 56.4. The lowest BCUT2D eigenvalue weighted by Crippen LogP contribution is -2.41. The summed E-state index contributed by atoms with van der Waals surface area (Å²) in [4.78, 5) is 13.9. The van der Waals surface area contributed by atoms with Crippen LogP contribution in [0.1, 0.15) is 111 Å². The molecule has 6 aromatic heterocycles. The minimum atomic E-state index is -0.423. The van der Waals surface area contributed by atoms with Crippen LogP contribution in [-0.4, -0.2) is 114 Å². The molecular formula is C98H97B4N7O9. The Kier molecular flexibility index (Phi) is 19.3. The van der Waals surface area contributed by atoms with Gasteiger partial charge >= 0.3 is 28.5 Å². The van der Waals surface area contributed by atoms with Crippen LogP contribution in [0.5, 0.6) is 5.75 Å². The third-order valence-corrected chi connectivity index (χ3v) is 25.8. The van der Waals surface area contributed by atoms with Gasteiger partial charge < -0.3 is 55.7 Å². The second-order valence-corrected chi connectivity index (χ2v) is 35.3. The molecule has 4 saturated heterocycles. The first-order valence-electron chi connectivity index (χ1n) is 40.8. The van der Waals surface area contributed by atoms with Crippen LogP contribution in [0.3, 0.4) is 0 Å². The molecule has 590 valence electrons. The first kappa shape index (κ1) is 78.0. The molecule has 0 spiro atoms. The monoisotopic (exact) mass is 1560 g/mol. The van der Waals surface area contributed by atoms with Crippen molar-refractivity contribution in [3.05, 3.63) is 279 Å². The largest absolute Gasteiger partial charge is 0.497 e. The zero-order valence-electron chi connectivity index (χ0n) is 70.2. The van der Waals surface area contributed by atoms with Gasteiger partial charge in [0.05, 0.1) is 113 Å². The van der Waals surface area contributed by atoms with Gasteiger partial charge in [-0.05, 0) is 236 Å². The van der Waals surface area contributed by atoms with E-state index in [9.17, 15) is 0 Å². The molecule has 0 bridgehead atoms. The Labute approximate surface area is 690 Å². The zero-order chi connectivity index (χ0) is 82.2. The normalized spacial score (nSPS) is 17.9. The molecule has 4 aliphatic rings. The number of rotatable bonds is 9. The second kappa shape index (κ2) is 29.1. The number of ether oxygens (including phenoxy) is 1. The van der Waals surface area contributed by atoms with Crippen molar-refractivity contribution in [3.8, 4) is 28.8 Å². The molecule has 0 N–H and O–H groups in total. The molecule has 118 heavy (non-hydrogen) atoms. The van der Waals surface area contributed by atoms with Crippen LogP contribution in [0.2, 0.25) is 0 Å². The molecule has 0 atom stereocenters. The van der Waals surface area contributed by atoms with Gasteiger partial charge in [-0.25, -0.2) is 9.97 Å². The van der Waals surface area contributed by atoms with E-state index >= 15 is 0 Å². The summed E-state index contributed by atoms with van der Waals surface area (Å²) in [5, 5.41) is 10.6. The smallest absolute Gasteiger partial charge is 0.494 e. The Hall–Kier alpha value is -11.2. The van der Waals surface area contributed by atoms with E-state index in [0.29, 0.717) is 5.95 Å². The van der Waals surface area contributed by atoms with Crippen LogP contribution < -0.4 is 26.6 Å². The summed E-state index contributed by atoms with van der Waals surface area (Å²) in [6.45, 7) is 33.3. The van der Waals surface area contributed by atoms with Gasteiger partial charge in [-0.15, -0.1) is 0 Å².